The number of hydrogen-bond acceptors (Lipinski definition) is 2. The number of carboxylic acids is 1. The standard InChI is InChI=1S/C14H14BrNO3/c1-2-8-16(10-14(18)19)13(17)7-6-11-4-3-5-12(15)9-11/h1,3-5,9H,6-8,10H2,(H,18,19). The van der Waals surface area contributed by atoms with Crippen molar-refractivity contribution in [2.45, 2.75) is 12.8 Å². The van der Waals surface area contributed by atoms with Crippen molar-refractivity contribution in [1.29, 1.82) is 0 Å². The number of terminal acetylenes is 1. The van der Waals surface area contributed by atoms with Crippen LogP contribution >= 0.6 is 15.9 Å². The molecule has 19 heavy (non-hydrogen) atoms. The lowest BCUT2D eigenvalue weighted by atomic mass is 10.1. The number of halogens is 1. The van der Waals surface area contributed by atoms with Crippen LogP contribution in [-0.4, -0.2) is 35.0 Å². The lowest BCUT2D eigenvalue weighted by Gasteiger charge is -2.17. The maximum absolute atomic E-state index is 11.9. The molecule has 4 nitrogen and oxygen atoms in total. The smallest absolute Gasteiger partial charge is 0.323 e. The molecule has 0 bridgehead atoms. The maximum Gasteiger partial charge on any atom is 0.323 e. The summed E-state index contributed by atoms with van der Waals surface area (Å²) >= 11 is 3.36. The third-order valence-electron chi connectivity index (χ3n) is 2.48. The molecule has 1 rings (SSSR count). The van der Waals surface area contributed by atoms with Crippen molar-refractivity contribution < 1.29 is 14.7 Å². The number of aliphatic carboxylic acids is 1. The molecule has 0 saturated heterocycles. The third kappa shape index (κ3) is 5.58. The predicted octanol–water partition coefficient (Wildman–Crippen LogP) is 1.93. The van der Waals surface area contributed by atoms with Crippen molar-refractivity contribution >= 4 is 27.8 Å². The average Bonchev–Trinajstić information content (AvgIpc) is 2.35. The molecule has 0 atom stereocenters. The highest BCUT2D eigenvalue weighted by Crippen LogP contribution is 2.13. The molecular formula is C14H14BrNO3. The third-order valence-corrected chi connectivity index (χ3v) is 2.97. The van der Waals surface area contributed by atoms with Crippen LogP contribution in [0.25, 0.3) is 0 Å². The molecule has 0 unspecified atom stereocenters. The SMILES string of the molecule is C#CCN(CC(=O)O)C(=O)CCc1cccc(Br)c1. The Labute approximate surface area is 120 Å². The minimum atomic E-state index is -1.06. The Hall–Kier alpha value is -1.80. The number of nitrogens with zero attached hydrogens (tertiary/aromatic N) is 1. The minimum absolute atomic E-state index is 0.0175. The van der Waals surface area contributed by atoms with E-state index in [2.05, 4.69) is 21.9 Å². The number of carboxylic acid groups (broad SMARTS) is 1. The van der Waals surface area contributed by atoms with Gasteiger partial charge in [0.25, 0.3) is 0 Å². The zero-order valence-electron chi connectivity index (χ0n) is 10.3. The van der Waals surface area contributed by atoms with E-state index in [1.807, 2.05) is 24.3 Å². The Balaban J connectivity index is 2.57. The van der Waals surface area contributed by atoms with Crippen LogP contribution in [0.3, 0.4) is 0 Å². The molecule has 0 aromatic heterocycles. The molecule has 100 valence electrons. The van der Waals surface area contributed by atoms with E-state index >= 15 is 0 Å². The van der Waals surface area contributed by atoms with Crippen LogP contribution in [0.1, 0.15) is 12.0 Å². The molecule has 0 heterocycles. The number of hydrogen-bond donors (Lipinski definition) is 1. The fourth-order valence-electron chi connectivity index (χ4n) is 1.61. The molecule has 0 aliphatic heterocycles. The molecule has 0 saturated carbocycles. The second-order valence-electron chi connectivity index (χ2n) is 3.98. The minimum Gasteiger partial charge on any atom is -0.480 e. The van der Waals surface area contributed by atoms with Gasteiger partial charge in [-0.3, -0.25) is 9.59 Å². The van der Waals surface area contributed by atoms with E-state index in [9.17, 15) is 9.59 Å². The van der Waals surface area contributed by atoms with Crippen LogP contribution in [0.4, 0.5) is 0 Å². The van der Waals surface area contributed by atoms with E-state index in [-0.39, 0.29) is 25.4 Å². The number of aryl methyl sites for hydroxylation is 1. The van der Waals surface area contributed by atoms with Crippen molar-refractivity contribution in [2.75, 3.05) is 13.1 Å². The van der Waals surface area contributed by atoms with Crippen LogP contribution in [0.2, 0.25) is 0 Å². The van der Waals surface area contributed by atoms with Gasteiger partial charge in [0.2, 0.25) is 5.91 Å². The molecule has 0 radical (unpaired) electrons. The number of carbonyl (C=O) groups excluding carboxylic acids is 1. The van der Waals surface area contributed by atoms with Crippen LogP contribution < -0.4 is 0 Å². The van der Waals surface area contributed by atoms with Gasteiger partial charge in [-0.1, -0.05) is 34.0 Å². The Morgan fingerprint density at radius 2 is 2.16 bits per heavy atom. The first kappa shape index (κ1) is 15.3. The number of carbonyl (C=O) groups is 2. The molecule has 0 fully saturated rings. The van der Waals surface area contributed by atoms with Gasteiger partial charge >= 0.3 is 5.97 Å². The van der Waals surface area contributed by atoms with Gasteiger partial charge in [-0.25, -0.2) is 0 Å². The summed E-state index contributed by atoms with van der Waals surface area (Å²) in [6, 6.07) is 7.64. The summed E-state index contributed by atoms with van der Waals surface area (Å²) in [4.78, 5) is 23.7. The summed E-state index contributed by atoms with van der Waals surface area (Å²) in [6.07, 6.45) is 5.92. The topological polar surface area (TPSA) is 57.6 Å². The summed E-state index contributed by atoms with van der Waals surface area (Å²) in [5, 5.41) is 8.71. The van der Waals surface area contributed by atoms with Crippen LogP contribution in [0.15, 0.2) is 28.7 Å². The quantitative estimate of drug-likeness (QED) is 0.814. The highest BCUT2D eigenvalue weighted by molar-refractivity contribution is 9.10. The van der Waals surface area contributed by atoms with Gasteiger partial charge in [0.1, 0.15) is 6.54 Å². The molecule has 0 spiro atoms. The largest absolute Gasteiger partial charge is 0.480 e. The lowest BCUT2D eigenvalue weighted by Crippen LogP contribution is -2.36. The fraction of sp³-hybridized carbons (Fsp3) is 0.286. The summed E-state index contributed by atoms with van der Waals surface area (Å²) in [7, 11) is 0. The van der Waals surface area contributed by atoms with E-state index in [0.717, 1.165) is 10.0 Å². The molecule has 1 aromatic carbocycles. The summed E-state index contributed by atoms with van der Waals surface area (Å²) in [5.74, 6) is 0.982. The highest BCUT2D eigenvalue weighted by atomic mass is 79.9. The van der Waals surface area contributed by atoms with Gasteiger partial charge in [0.05, 0.1) is 6.54 Å². The Morgan fingerprint density at radius 3 is 2.74 bits per heavy atom. The van der Waals surface area contributed by atoms with Crippen molar-refractivity contribution in [1.82, 2.24) is 4.90 Å². The first-order valence-corrected chi connectivity index (χ1v) is 6.49. The fourth-order valence-corrected chi connectivity index (χ4v) is 2.05. The van der Waals surface area contributed by atoms with E-state index < -0.39 is 5.97 Å². The van der Waals surface area contributed by atoms with Crippen molar-refractivity contribution in [3.63, 3.8) is 0 Å². The average molecular weight is 324 g/mol. The summed E-state index contributed by atoms with van der Waals surface area (Å²) in [5.41, 5.74) is 1.01. The Kier molecular flexibility index (Phi) is 6.10. The van der Waals surface area contributed by atoms with Crippen molar-refractivity contribution in [3.8, 4) is 12.3 Å². The van der Waals surface area contributed by atoms with E-state index in [0.29, 0.717) is 6.42 Å². The van der Waals surface area contributed by atoms with E-state index in [1.165, 1.54) is 4.90 Å². The molecule has 1 aromatic rings. The van der Waals surface area contributed by atoms with Gasteiger partial charge in [0.15, 0.2) is 0 Å². The number of rotatable bonds is 6. The molecule has 1 N–H and O–H groups in total. The van der Waals surface area contributed by atoms with Gasteiger partial charge in [-0.15, -0.1) is 6.42 Å². The second-order valence-corrected chi connectivity index (χ2v) is 4.89. The molecular weight excluding hydrogens is 310 g/mol. The molecule has 1 amide bonds. The van der Waals surface area contributed by atoms with E-state index in [1.54, 1.807) is 0 Å². The molecule has 0 aliphatic carbocycles. The van der Waals surface area contributed by atoms with Gasteiger partial charge in [-0.05, 0) is 24.1 Å². The zero-order chi connectivity index (χ0) is 14.3. The van der Waals surface area contributed by atoms with Crippen molar-refractivity contribution in [2.24, 2.45) is 0 Å². The number of benzene rings is 1. The normalized spacial score (nSPS) is 9.68. The molecule has 5 heteroatoms. The highest BCUT2D eigenvalue weighted by Gasteiger charge is 2.15. The monoisotopic (exact) mass is 323 g/mol. The Morgan fingerprint density at radius 1 is 1.42 bits per heavy atom. The maximum atomic E-state index is 11.9. The van der Waals surface area contributed by atoms with Crippen LogP contribution in [0.5, 0.6) is 0 Å². The van der Waals surface area contributed by atoms with Crippen LogP contribution in [-0.2, 0) is 16.0 Å². The second kappa shape index (κ2) is 7.59. The number of amides is 1. The first-order valence-electron chi connectivity index (χ1n) is 5.70. The van der Waals surface area contributed by atoms with Gasteiger partial charge < -0.3 is 10.0 Å². The van der Waals surface area contributed by atoms with Gasteiger partial charge in [0, 0.05) is 10.9 Å². The zero-order valence-corrected chi connectivity index (χ0v) is 11.9. The predicted molar refractivity (Wildman–Crippen MR) is 75.5 cm³/mol. The Bertz CT molecular complexity index is 508. The van der Waals surface area contributed by atoms with Crippen LogP contribution in [0, 0.1) is 12.3 Å². The van der Waals surface area contributed by atoms with Gasteiger partial charge in [-0.2, -0.15) is 0 Å². The lowest BCUT2D eigenvalue weighted by molar-refractivity contribution is -0.144. The first-order chi connectivity index (χ1) is 9.02. The summed E-state index contributed by atoms with van der Waals surface area (Å²) in [6.45, 7) is -0.342. The van der Waals surface area contributed by atoms with E-state index in [4.69, 9.17) is 11.5 Å². The summed E-state index contributed by atoms with van der Waals surface area (Å²) < 4.78 is 0.948. The van der Waals surface area contributed by atoms with Crippen molar-refractivity contribution in [3.05, 3.63) is 34.3 Å². The molecule has 0 aliphatic rings.